The Morgan fingerprint density at radius 2 is 1.83 bits per heavy atom. The molecule has 0 spiro atoms. The maximum atomic E-state index is 12.3. The lowest BCUT2D eigenvalue weighted by Gasteiger charge is -2.08. The average Bonchev–Trinajstić information content (AvgIpc) is 3.25. The number of ether oxygens (including phenoxy) is 3. The molecule has 0 atom stereocenters. The summed E-state index contributed by atoms with van der Waals surface area (Å²) in [4.78, 5) is 12.3. The predicted molar refractivity (Wildman–Crippen MR) is 115 cm³/mol. The molecular weight excluding hydrogens is 456 g/mol. The normalized spacial score (nSPS) is 10.8. The molecule has 1 heterocycles. The summed E-state index contributed by atoms with van der Waals surface area (Å²) in [6, 6.07) is 10.2. The summed E-state index contributed by atoms with van der Waals surface area (Å²) in [5, 5.41) is 20.6. The Labute approximate surface area is 180 Å². The van der Waals surface area contributed by atoms with Crippen LogP contribution in [0.3, 0.4) is 0 Å². The topological polar surface area (TPSA) is 118 Å². The number of H-pyrrole nitrogens is 1. The highest BCUT2D eigenvalue weighted by Crippen LogP contribution is 2.34. The van der Waals surface area contributed by atoms with Crippen molar-refractivity contribution in [2.24, 2.45) is 5.10 Å². The largest absolute Gasteiger partial charge is 0.503 e. The summed E-state index contributed by atoms with van der Waals surface area (Å²) in [6.07, 6.45) is 1.43. The molecule has 0 aliphatic rings. The van der Waals surface area contributed by atoms with E-state index in [4.69, 9.17) is 14.2 Å². The Balaban J connectivity index is 1.71. The van der Waals surface area contributed by atoms with Crippen LogP contribution in [0.25, 0.3) is 11.3 Å². The van der Waals surface area contributed by atoms with E-state index in [2.05, 4.69) is 36.7 Å². The lowest BCUT2D eigenvalue weighted by molar-refractivity contribution is 0.0950. The highest BCUT2D eigenvalue weighted by atomic mass is 79.9. The minimum Gasteiger partial charge on any atom is -0.503 e. The Kier molecular flexibility index (Phi) is 6.58. The minimum absolute atomic E-state index is 0.0150. The van der Waals surface area contributed by atoms with Crippen molar-refractivity contribution in [2.75, 3.05) is 21.3 Å². The highest BCUT2D eigenvalue weighted by molar-refractivity contribution is 9.10. The van der Waals surface area contributed by atoms with Crippen LogP contribution in [0.1, 0.15) is 16.1 Å². The summed E-state index contributed by atoms with van der Waals surface area (Å²) >= 11 is 3.23. The number of methoxy groups -OCH3 is 3. The molecule has 10 heteroatoms. The monoisotopic (exact) mass is 474 g/mol. The van der Waals surface area contributed by atoms with E-state index in [9.17, 15) is 9.90 Å². The first kappa shape index (κ1) is 21.2. The number of phenolic OH excluding ortho intramolecular Hbond substituents is 1. The average molecular weight is 475 g/mol. The molecule has 1 aromatic heterocycles. The van der Waals surface area contributed by atoms with Gasteiger partial charge >= 0.3 is 0 Å². The standard InChI is InChI=1S/C20H19BrN4O5/c1-28-16-5-4-12(8-17(16)29-2)14-9-15(24-23-14)20(27)25-22-10-11-6-13(21)19(26)18(7-11)30-3/h4-10,26H,1-3H3,(H,23,24)(H,25,27). The van der Waals surface area contributed by atoms with E-state index in [0.29, 0.717) is 27.2 Å². The van der Waals surface area contributed by atoms with Crippen LogP contribution < -0.4 is 19.6 Å². The van der Waals surface area contributed by atoms with Gasteiger partial charge in [-0.05, 0) is 57.9 Å². The number of phenols is 1. The van der Waals surface area contributed by atoms with E-state index in [-0.39, 0.29) is 17.2 Å². The van der Waals surface area contributed by atoms with Crippen molar-refractivity contribution in [3.05, 3.63) is 52.1 Å². The maximum Gasteiger partial charge on any atom is 0.289 e. The quantitative estimate of drug-likeness (QED) is 0.357. The third-order valence-corrected chi connectivity index (χ3v) is 4.76. The Hall–Kier alpha value is -3.53. The fraction of sp³-hybridized carbons (Fsp3) is 0.150. The van der Waals surface area contributed by atoms with Crippen LogP contribution in [0.4, 0.5) is 0 Å². The van der Waals surface area contributed by atoms with Gasteiger partial charge in [-0.15, -0.1) is 0 Å². The SMILES string of the molecule is COc1ccc(-c2cc(C(=O)NN=Cc3cc(Br)c(O)c(OC)c3)[nH]n2)cc1OC. The summed E-state index contributed by atoms with van der Waals surface area (Å²) < 4.78 is 16.0. The van der Waals surface area contributed by atoms with Gasteiger partial charge in [0.15, 0.2) is 23.0 Å². The van der Waals surface area contributed by atoms with Gasteiger partial charge in [-0.25, -0.2) is 5.43 Å². The highest BCUT2D eigenvalue weighted by Gasteiger charge is 2.13. The van der Waals surface area contributed by atoms with Gasteiger partial charge in [0.05, 0.1) is 37.7 Å². The van der Waals surface area contributed by atoms with Gasteiger partial charge in [0.2, 0.25) is 0 Å². The van der Waals surface area contributed by atoms with Gasteiger partial charge in [-0.1, -0.05) is 0 Å². The van der Waals surface area contributed by atoms with E-state index >= 15 is 0 Å². The first-order chi connectivity index (χ1) is 14.5. The lowest BCUT2D eigenvalue weighted by atomic mass is 10.1. The number of hydrogen-bond donors (Lipinski definition) is 3. The molecule has 3 N–H and O–H groups in total. The molecule has 156 valence electrons. The summed E-state index contributed by atoms with van der Waals surface area (Å²) in [7, 11) is 4.55. The molecule has 1 amide bonds. The molecule has 3 rings (SSSR count). The van der Waals surface area contributed by atoms with Crippen molar-refractivity contribution < 1.29 is 24.1 Å². The summed E-state index contributed by atoms with van der Waals surface area (Å²) in [5.74, 6) is 0.963. The zero-order valence-corrected chi connectivity index (χ0v) is 18.0. The molecule has 0 aliphatic carbocycles. The van der Waals surface area contributed by atoms with Crippen molar-refractivity contribution in [3.8, 4) is 34.3 Å². The van der Waals surface area contributed by atoms with Crippen molar-refractivity contribution in [1.82, 2.24) is 15.6 Å². The van der Waals surface area contributed by atoms with E-state index in [0.717, 1.165) is 5.56 Å². The number of carbonyl (C=O) groups is 1. The molecule has 0 saturated heterocycles. The number of carbonyl (C=O) groups excluding carboxylic acids is 1. The van der Waals surface area contributed by atoms with E-state index < -0.39 is 5.91 Å². The van der Waals surface area contributed by atoms with Crippen molar-refractivity contribution >= 4 is 28.1 Å². The van der Waals surface area contributed by atoms with Crippen LogP contribution in [0.15, 0.2) is 46.0 Å². The predicted octanol–water partition coefficient (Wildman–Crippen LogP) is 3.33. The number of hydrogen-bond acceptors (Lipinski definition) is 7. The zero-order valence-electron chi connectivity index (χ0n) is 16.4. The van der Waals surface area contributed by atoms with Gasteiger partial charge in [0, 0.05) is 5.56 Å². The number of benzene rings is 2. The maximum absolute atomic E-state index is 12.3. The molecule has 30 heavy (non-hydrogen) atoms. The van der Waals surface area contributed by atoms with E-state index in [1.54, 1.807) is 44.6 Å². The number of hydrazone groups is 1. The molecule has 0 bridgehead atoms. The summed E-state index contributed by atoms with van der Waals surface area (Å²) in [5.41, 5.74) is 4.60. The van der Waals surface area contributed by atoms with Gasteiger partial charge in [0.1, 0.15) is 5.69 Å². The Morgan fingerprint density at radius 1 is 1.10 bits per heavy atom. The van der Waals surface area contributed by atoms with Crippen LogP contribution in [0.2, 0.25) is 0 Å². The second kappa shape index (κ2) is 9.31. The molecule has 0 radical (unpaired) electrons. The Morgan fingerprint density at radius 3 is 2.53 bits per heavy atom. The second-order valence-corrected chi connectivity index (χ2v) is 6.84. The number of nitrogens with zero attached hydrogens (tertiary/aromatic N) is 2. The van der Waals surface area contributed by atoms with Gasteiger partial charge in [-0.2, -0.15) is 10.2 Å². The Bertz CT molecular complexity index is 1100. The van der Waals surface area contributed by atoms with Crippen LogP contribution in [-0.2, 0) is 0 Å². The fourth-order valence-corrected chi connectivity index (χ4v) is 3.09. The number of amides is 1. The van der Waals surface area contributed by atoms with Crippen molar-refractivity contribution in [1.29, 1.82) is 0 Å². The third kappa shape index (κ3) is 4.54. The number of rotatable bonds is 7. The van der Waals surface area contributed by atoms with Gasteiger partial charge in [-0.3, -0.25) is 9.89 Å². The number of halogens is 1. The number of nitrogens with one attached hydrogen (secondary N) is 2. The number of aromatic amines is 1. The van der Waals surface area contributed by atoms with Gasteiger partial charge in [0.25, 0.3) is 5.91 Å². The first-order valence-corrected chi connectivity index (χ1v) is 9.43. The van der Waals surface area contributed by atoms with Crippen molar-refractivity contribution in [3.63, 3.8) is 0 Å². The molecule has 3 aromatic rings. The minimum atomic E-state index is -0.463. The van der Waals surface area contributed by atoms with Crippen LogP contribution in [0, 0.1) is 0 Å². The van der Waals surface area contributed by atoms with Crippen LogP contribution in [0.5, 0.6) is 23.0 Å². The lowest BCUT2D eigenvalue weighted by Crippen LogP contribution is -2.18. The number of aromatic hydroxyl groups is 1. The van der Waals surface area contributed by atoms with Crippen LogP contribution in [-0.4, -0.2) is 48.8 Å². The van der Waals surface area contributed by atoms with Crippen LogP contribution >= 0.6 is 15.9 Å². The molecular formula is C20H19BrN4O5. The first-order valence-electron chi connectivity index (χ1n) is 8.64. The van der Waals surface area contributed by atoms with E-state index in [1.165, 1.54) is 13.3 Å². The third-order valence-electron chi connectivity index (χ3n) is 4.15. The second-order valence-electron chi connectivity index (χ2n) is 5.99. The smallest absolute Gasteiger partial charge is 0.289 e. The summed E-state index contributed by atoms with van der Waals surface area (Å²) in [6.45, 7) is 0. The zero-order chi connectivity index (χ0) is 21.7. The van der Waals surface area contributed by atoms with Crippen molar-refractivity contribution in [2.45, 2.75) is 0 Å². The molecule has 0 unspecified atom stereocenters. The fourth-order valence-electron chi connectivity index (χ4n) is 2.63. The van der Waals surface area contributed by atoms with E-state index in [1.807, 2.05) is 6.07 Å². The van der Waals surface area contributed by atoms with Gasteiger partial charge < -0.3 is 19.3 Å². The molecule has 2 aromatic carbocycles. The number of aromatic nitrogens is 2. The molecule has 9 nitrogen and oxygen atoms in total. The molecule has 0 aliphatic heterocycles. The molecule has 0 saturated carbocycles. The molecule has 0 fully saturated rings.